The maximum atomic E-state index is 12.7. The lowest BCUT2D eigenvalue weighted by molar-refractivity contribution is -0.146. The van der Waals surface area contributed by atoms with E-state index < -0.39 is 18.2 Å². The molecule has 1 aromatic rings. The highest BCUT2D eigenvalue weighted by Crippen LogP contribution is 2.16. The molecule has 82 valence electrons. The van der Waals surface area contributed by atoms with Crippen LogP contribution in [0, 0.1) is 0 Å². The van der Waals surface area contributed by atoms with Gasteiger partial charge in [0.25, 0.3) is 0 Å². The molecule has 2 atom stereocenters. The topological polar surface area (TPSA) is 57.5 Å². The molecule has 0 aliphatic heterocycles. The average Bonchev–Trinajstić information content (AvgIpc) is 2.16. The first-order valence-corrected chi connectivity index (χ1v) is 4.64. The Bertz CT molecular complexity index is 349. The van der Waals surface area contributed by atoms with Gasteiger partial charge in [-0.2, -0.15) is 0 Å². The van der Waals surface area contributed by atoms with Crippen molar-refractivity contribution in [3.05, 3.63) is 35.4 Å². The lowest BCUT2D eigenvalue weighted by Gasteiger charge is -2.08. The fourth-order valence-corrected chi connectivity index (χ4v) is 1.36. The second-order valence-corrected chi connectivity index (χ2v) is 3.47. The molecule has 1 aromatic carbocycles. The zero-order valence-electron chi connectivity index (χ0n) is 8.35. The van der Waals surface area contributed by atoms with Crippen LogP contribution in [0.5, 0.6) is 0 Å². The van der Waals surface area contributed by atoms with Gasteiger partial charge in [0.05, 0.1) is 0 Å². The number of carboxylic acid groups (broad SMARTS) is 1. The van der Waals surface area contributed by atoms with E-state index in [1.54, 1.807) is 12.1 Å². The van der Waals surface area contributed by atoms with Crippen LogP contribution in [-0.2, 0) is 11.2 Å². The number of aliphatic hydroxyl groups excluding tert-OH is 1. The van der Waals surface area contributed by atoms with Crippen molar-refractivity contribution in [2.75, 3.05) is 0 Å². The van der Waals surface area contributed by atoms with E-state index in [0.29, 0.717) is 5.56 Å². The number of carbonyl (C=O) groups is 1. The van der Waals surface area contributed by atoms with Gasteiger partial charge in [0.2, 0.25) is 0 Å². The molecular formula is C11H13FO3. The molecule has 0 fully saturated rings. The van der Waals surface area contributed by atoms with Gasteiger partial charge in [-0.1, -0.05) is 24.3 Å². The van der Waals surface area contributed by atoms with Crippen molar-refractivity contribution >= 4 is 5.97 Å². The zero-order chi connectivity index (χ0) is 11.4. The summed E-state index contributed by atoms with van der Waals surface area (Å²) in [7, 11) is 0. The Morgan fingerprint density at radius 1 is 1.53 bits per heavy atom. The molecule has 0 aromatic heterocycles. The van der Waals surface area contributed by atoms with Gasteiger partial charge in [0.1, 0.15) is 6.17 Å². The van der Waals surface area contributed by atoms with E-state index in [0.717, 1.165) is 0 Å². The third-order valence-corrected chi connectivity index (χ3v) is 2.02. The summed E-state index contributed by atoms with van der Waals surface area (Å²) in [4.78, 5) is 10.5. The number of hydrogen-bond acceptors (Lipinski definition) is 2. The zero-order valence-corrected chi connectivity index (χ0v) is 8.35. The number of benzene rings is 1. The van der Waals surface area contributed by atoms with E-state index in [1.165, 1.54) is 19.1 Å². The van der Waals surface area contributed by atoms with Crippen LogP contribution in [-0.4, -0.2) is 22.4 Å². The first-order chi connectivity index (χ1) is 7.00. The number of alkyl halides is 1. The molecule has 0 saturated heterocycles. The van der Waals surface area contributed by atoms with Gasteiger partial charge < -0.3 is 10.2 Å². The van der Waals surface area contributed by atoms with E-state index in [4.69, 9.17) is 5.11 Å². The summed E-state index contributed by atoms with van der Waals surface area (Å²) in [5, 5.41) is 17.8. The van der Waals surface area contributed by atoms with Crippen LogP contribution in [0.2, 0.25) is 0 Å². The SMILES string of the molecule is CC(F)Cc1cccc(C(O)C(=O)O)c1. The highest BCUT2D eigenvalue weighted by molar-refractivity contribution is 5.74. The van der Waals surface area contributed by atoms with Gasteiger partial charge in [-0.05, 0) is 18.1 Å². The molecule has 0 amide bonds. The Labute approximate surface area is 87.2 Å². The van der Waals surface area contributed by atoms with Gasteiger partial charge in [-0.25, -0.2) is 9.18 Å². The van der Waals surface area contributed by atoms with Crippen molar-refractivity contribution in [3.63, 3.8) is 0 Å². The van der Waals surface area contributed by atoms with E-state index in [2.05, 4.69) is 0 Å². The maximum absolute atomic E-state index is 12.7. The number of aliphatic carboxylic acids is 1. The summed E-state index contributed by atoms with van der Waals surface area (Å²) in [6.07, 6.45) is -2.30. The maximum Gasteiger partial charge on any atom is 0.337 e. The Morgan fingerprint density at radius 3 is 2.73 bits per heavy atom. The van der Waals surface area contributed by atoms with E-state index in [-0.39, 0.29) is 12.0 Å². The summed E-state index contributed by atoms with van der Waals surface area (Å²) >= 11 is 0. The summed E-state index contributed by atoms with van der Waals surface area (Å²) in [6, 6.07) is 6.33. The molecule has 0 bridgehead atoms. The summed E-state index contributed by atoms with van der Waals surface area (Å²) in [6.45, 7) is 1.43. The van der Waals surface area contributed by atoms with Crippen LogP contribution in [0.3, 0.4) is 0 Å². The predicted octanol–water partition coefficient (Wildman–Crippen LogP) is 1.71. The van der Waals surface area contributed by atoms with Crippen molar-refractivity contribution in [3.8, 4) is 0 Å². The van der Waals surface area contributed by atoms with Crippen LogP contribution in [0.25, 0.3) is 0 Å². The second kappa shape index (κ2) is 4.89. The molecule has 3 nitrogen and oxygen atoms in total. The number of aliphatic hydroxyl groups is 1. The minimum atomic E-state index is -1.54. The van der Waals surface area contributed by atoms with Crippen molar-refractivity contribution in [2.24, 2.45) is 0 Å². The van der Waals surface area contributed by atoms with Crippen molar-refractivity contribution in [1.82, 2.24) is 0 Å². The molecule has 0 heterocycles. The van der Waals surface area contributed by atoms with Crippen molar-refractivity contribution in [2.45, 2.75) is 25.6 Å². The molecule has 1 rings (SSSR count). The largest absolute Gasteiger partial charge is 0.479 e. The van der Waals surface area contributed by atoms with E-state index in [9.17, 15) is 14.3 Å². The summed E-state index contributed by atoms with van der Waals surface area (Å²) < 4.78 is 12.7. The second-order valence-electron chi connectivity index (χ2n) is 3.47. The van der Waals surface area contributed by atoms with Crippen molar-refractivity contribution < 1.29 is 19.4 Å². The smallest absolute Gasteiger partial charge is 0.337 e. The van der Waals surface area contributed by atoms with Crippen LogP contribution in [0.4, 0.5) is 4.39 Å². The predicted molar refractivity (Wildman–Crippen MR) is 53.3 cm³/mol. The Balaban J connectivity index is 2.87. The number of halogens is 1. The van der Waals surface area contributed by atoms with Crippen LogP contribution < -0.4 is 0 Å². The average molecular weight is 212 g/mol. The fraction of sp³-hybridized carbons (Fsp3) is 0.364. The summed E-state index contributed by atoms with van der Waals surface area (Å²) in [5.74, 6) is -1.31. The molecular weight excluding hydrogens is 199 g/mol. The minimum Gasteiger partial charge on any atom is -0.479 e. The molecule has 0 saturated carbocycles. The molecule has 2 unspecified atom stereocenters. The standard InChI is InChI=1S/C11H13FO3/c1-7(12)5-8-3-2-4-9(6-8)10(13)11(14)15/h2-4,6-7,10,13H,5H2,1H3,(H,14,15). The molecule has 4 heteroatoms. The van der Waals surface area contributed by atoms with Gasteiger partial charge >= 0.3 is 5.97 Å². The number of rotatable bonds is 4. The Hall–Kier alpha value is -1.42. The summed E-state index contributed by atoms with van der Waals surface area (Å²) in [5.41, 5.74) is 0.962. The van der Waals surface area contributed by atoms with E-state index >= 15 is 0 Å². The third kappa shape index (κ3) is 3.32. The number of hydrogen-bond donors (Lipinski definition) is 2. The van der Waals surface area contributed by atoms with Crippen LogP contribution >= 0.6 is 0 Å². The molecule has 0 spiro atoms. The molecule has 0 aliphatic rings. The Kier molecular flexibility index (Phi) is 3.80. The highest BCUT2D eigenvalue weighted by Gasteiger charge is 2.15. The normalized spacial score (nSPS) is 14.6. The minimum absolute atomic E-state index is 0.222. The quantitative estimate of drug-likeness (QED) is 0.798. The first-order valence-electron chi connectivity index (χ1n) is 4.64. The van der Waals surface area contributed by atoms with Gasteiger partial charge in [0, 0.05) is 6.42 Å². The van der Waals surface area contributed by atoms with E-state index in [1.807, 2.05) is 0 Å². The van der Waals surface area contributed by atoms with Crippen molar-refractivity contribution in [1.29, 1.82) is 0 Å². The van der Waals surface area contributed by atoms with Gasteiger partial charge in [0.15, 0.2) is 6.10 Å². The lowest BCUT2D eigenvalue weighted by Crippen LogP contribution is -2.11. The highest BCUT2D eigenvalue weighted by atomic mass is 19.1. The van der Waals surface area contributed by atoms with Crippen LogP contribution in [0.15, 0.2) is 24.3 Å². The monoisotopic (exact) mass is 212 g/mol. The fourth-order valence-electron chi connectivity index (χ4n) is 1.36. The Morgan fingerprint density at radius 2 is 2.20 bits per heavy atom. The molecule has 15 heavy (non-hydrogen) atoms. The van der Waals surface area contributed by atoms with Crippen LogP contribution in [0.1, 0.15) is 24.2 Å². The first kappa shape index (κ1) is 11.7. The molecule has 0 aliphatic carbocycles. The lowest BCUT2D eigenvalue weighted by atomic mass is 10.0. The van der Waals surface area contributed by atoms with Gasteiger partial charge in [-0.3, -0.25) is 0 Å². The molecule has 0 radical (unpaired) electrons. The van der Waals surface area contributed by atoms with Gasteiger partial charge in [-0.15, -0.1) is 0 Å². The third-order valence-electron chi connectivity index (χ3n) is 2.02. The number of carboxylic acids is 1. The molecule has 2 N–H and O–H groups in total.